The van der Waals surface area contributed by atoms with Crippen LogP contribution in [0.5, 0.6) is 0 Å². The zero-order chi connectivity index (χ0) is 14.5. The van der Waals surface area contributed by atoms with Crippen LogP contribution in [-0.2, 0) is 11.2 Å². The first-order valence-electron chi connectivity index (χ1n) is 6.86. The average Bonchev–Trinajstić information content (AvgIpc) is 3.08. The van der Waals surface area contributed by atoms with E-state index in [1.165, 1.54) is 11.3 Å². The fourth-order valence-electron chi connectivity index (χ4n) is 2.40. The van der Waals surface area contributed by atoms with E-state index in [9.17, 15) is 4.79 Å². The van der Waals surface area contributed by atoms with E-state index in [0.29, 0.717) is 24.6 Å². The number of morpholine rings is 1. The number of aromatic nitrogens is 3. The Labute approximate surface area is 126 Å². The van der Waals surface area contributed by atoms with Crippen molar-refractivity contribution in [2.45, 2.75) is 18.9 Å². The summed E-state index contributed by atoms with van der Waals surface area (Å²) in [5, 5.41) is 0. The number of hydrogen-bond donors (Lipinski definition) is 0. The van der Waals surface area contributed by atoms with Crippen LogP contribution < -0.4 is 0 Å². The summed E-state index contributed by atoms with van der Waals surface area (Å²) in [6, 6.07) is 0.0790. The first-order valence-corrected chi connectivity index (χ1v) is 7.74. The van der Waals surface area contributed by atoms with Gasteiger partial charge in [-0.1, -0.05) is 0 Å². The van der Waals surface area contributed by atoms with Crippen LogP contribution >= 0.6 is 11.3 Å². The van der Waals surface area contributed by atoms with E-state index < -0.39 is 0 Å². The highest BCUT2D eigenvalue weighted by atomic mass is 32.1. The maximum Gasteiger partial charge on any atom is 0.265 e. The van der Waals surface area contributed by atoms with Crippen molar-refractivity contribution in [3.05, 3.63) is 40.9 Å². The van der Waals surface area contributed by atoms with Gasteiger partial charge < -0.3 is 9.64 Å². The summed E-state index contributed by atoms with van der Waals surface area (Å²) in [6.07, 6.45) is 8.35. The second kappa shape index (κ2) is 6.73. The summed E-state index contributed by atoms with van der Waals surface area (Å²) >= 11 is 1.38. The van der Waals surface area contributed by atoms with Gasteiger partial charge in [-0.05, 0) is 12.8 Å². The third-order valence-electron chi connectivity index (χ3n) is 3.48. The van der Waals surface area contributed by atoms with E-state index in [2.05, 4.69) is 15.0 Å². The largest absolute Gasteiger partial charge is 0.377 e. The SMILES string of the molecule is O=C(c1cncs1)N1CCOC[C@@H]1CCc1cnccn1. The highest BCUT2D eigenvalue weighted by Gasteiger charge is 2.28. The molecule has 2 aromatic rings. The molecular weight excluding hydrogens is 288 g/mol. The lowest BCUT2D eigenvalue weighted by Crippen LogP contribution is -2.48. The smallest absolute Gasteiger partial charge is 0.265 e. The molecule has 7 heteroatoms. The highest BCUT2D eigenvalue weighted by molar-refractivity contribution is 7.11. The van der Waals surface area contributed by atoms with E-state index in [-0.39, 0.29) is 11.9 Å². The van der Waals surface area contributed by atoms with Gasteiger partial charge >= 0.3 is 0 Å². The molecule has 0 spiro atoms. The fourth-order valence-corrected chi connectivity index (χ4v) is 2.97. The summed E-state index contributed by atoms with van der Waals surface area (Å²) in [5.74, 6) is 0.0462. The van der Waals surface area contributed by atoms with Gasteiger partial charge in [0.05, 0.1) is 36.7 Å². The van der Waals surface area contributed by atoms with Crippen LogP contribution in [0, 0.1) is 0 Å². The molecule has 0 saturated carbocycles. The average molecular weight is 304 g/mol. The molecule has 0 aliphatic carbocycles. The number of ether oxygens (including phenoxy) is 1. The number of hydrogen-bond acceptors (Lipinski definition) is 6. The van der Waals surface area contributed by atoms with Gasteiger partial charge in [0.25, 0.3) is 5.91 Å². The summed E-state index contributed by atoms with van der Waals surface area (Å²) in [5.41, 5.74) is 2.62. The molecule has 0 radical (unpaired) electrons. The fraction of sp³-hybridized carbons (Fsp3) is 0.429. The van der Waals surface area contributed by atoms with Gasteiger partial charge in [0, 0.05) is 25.1 Å². The van der Waals surface area contributed by atoms with Crippen molar-refractivity contribution in [1.29, 1.82) is 0 Å². The van der Waals surface area contributed by atoms with E-state index >= 15 is 0 Å². The Morgan fingerprint density at radius 1 is 1.38 bits per heavy atom. The number of rotatable bonds is 4. The number of carbonyl (C=O) groups excluding carboxylic acids is 1. The maximum atomic E-state index is 12.5. The lowest BCUT2D eigenvalue weighted by atomic mass is 10.1. The molecule has 6 nitrogen and oxygen atoms in total. The minimum atomic E-state index is 0.0462. The van der Waals surface area contributed by atoms with E-state index in [0.717, 1.165) is 18.5 Å². The third kappa shape index (κ3) is 3.43. The third-order valence-corrected chi connectivity index (χ3v) is 4.24. The van der Waals surface area contributed by atoms with Gasteiger partial charge in [0.1, 0.15) is 4.88 Å². The summed E-state index contributed by atoms with van der Waals surface area (Å²) in [6.45, 7) is 1.79. The van der Waals surface area contributed by atoms with Crippen LogP contribution in [0.4, 0.5) is 0 Å². The Morgan fingerprint density at radius 3 is 3.10 bits per heavy atom. The molecule has 0 bridgehead atoms. The molecule has 0 aromatic carbocycles. The molecule has 1 amide bonds. The molecule has 0 unspecified atom stereocenters. The minimum absolute atomic E-state index is 0.0462. The lowest BCUT2D eigenvalue weighted by molar-refractivity contribution is -0.00388. The molecule has 1 fully saturated rings. The van der Waals surface area contributed by atoms with Crippen LogP contribution in [0.2, 0.25) is 0 Å². The molecule has 110 valence electrons. The topological polar surface area (TPSA) is 68.2 Å². The molecule has 1 aliphatic heterocycles. The van der Waals surface area contributed by atoms with Gasteiger partial charge in [-0.2, -0.15) is 0 Å². The van der Waals surface area contributed by atoms with Gasteiger partial charge in [-0.15, -0.1) is 11.3 Å². The van der Waals surface area contributed by atoms with Gasteiger partial charge in [-0.3, -0.25) is 19.7 Å². The van der Waals surface area contributed by atoms with Gasteiger partial charge in [0.15, 0.2) is 0 Å². The normalized spacial score (nSPS) is 18.7. The van der Waals surface area contributed by atoms with Crippen molar-refractivity contribution in [3.8, 4) is 0 Å². The number of thiazole rings is 1. The first-order chi connectivity index (χ1) is 10.3. The molecule has 1 aliphatic rings. The Morgan fingerprint density at radius 2 is 2.33 bits per heavy atom. The molecule has 0 N–H and O–H groups in total. The van der Waals surface area contributed by atoms with Crippen LogP contribution in [-0.4, -0.2) is 51.6 Å². The van der Waals surface area contributed by atoms with Crippen molar-refractivity contribution >= 4 is 17.2 Å². The van der Waals surface area contributed by atoms with Crippen molar-refractivity contribution in [2.75, 3.05) is 19.8 Å². The number of nitrogens with zero attached hydrogens (tertiary/aromatic N) is 4. The van der Waals surface area contributed by atoms with Crippen molar-refractivity contribution in [1.82, 2.24) is 19.9 Å². The second-order valence-electron chi connectivity index (χ2n) is 4.83. The van der Waals surface area contributed by atoms with Crippen molar-refractivity contribution in [3.63, 3.8) is 0 Å². The number of carbonyl (C=O) groups is 1. The van der Waals surface area contributed by atoms with Crippen molar-refractivity contribution < 1.29 is 9.53 Å². The monoisotopic (exact) mass is 304 g/mol. The van der Waals surface area contributed by atoms with Gasteiger partial charge in [0.2, 0.25) is 0 Å². The number of aryl methyl sites for hydroxylation is 1. The molecule has 21 heavy (non-hydrogen) atoms. The number of amides is 1. The molecule has 3 heterocycles. The standard InChI is InChI=1S/C14H16N4O2S/c19-14(13-8-16-10-21-13)18-5-6-20-9-12(18)2-1-11-7-15-3-4-17-11/h3-4,7-8,10,12H,1-2,5-6,9H2/t12-/m0/s1. The summed E-state index contributed by atoms with van der Waals surface area (Å²) < 4.78 is 5.53. The maximum absolute atomic E-state index is 12.5. The van der Waals surface area contributed by atoms with E-state index in [1.807, 2.05) is 4.90 Å². The predicted molar refractivity (Wildman–Crippen MR) is 78.1 cm³/mol. The molecule has 1 saturated heterocycles. The zero-order valence-corrected chi connectivity index (χ0v) is 12.3. The van der Waals surface area contributed by atoms with Gasteiger partial charge in [-0.25, -0.2) is 0 Å². The summed E-state index contributed by atoms with van der Waals surface area (Å²) in [7, 11) is 0. The quantitative estimate of drug-likeness (QED) is 0.854. The first kappa shape index (κ1) is 14.1. The lowest BCUT2D eigenvalue weighted by Gasteiger charge is -2.35. The Balaban J connectivity index is 1.65. The van der Waals surface area contributed by atoms with E-state index in [4.69, 9.17) is 4.74 Å². The Hall–Kier alpha value is -1.86. The summed E-state index contributed by atoms with van der Waals surface area (Å²) in [4.78, 5) is 27.4. The molecular formula is C14H16N4O2S. The van der Waals surface area contributed by atoms with Crippen molar-refractivity contribution in [2.24, 2.45) is 0 Å². The molecule has 1 atom stereocenters. The van der Waals surface area contributed by atoms with Crippen LogP contribution in [0.1, 0.15) is 21.8 Å². The predicted octanol–water partition coefficient (Wildman–Crippen LogP) is 1.41. The molecule has 3 rings (SSSR count). The Bertz CT molecular complexity index is 576. The molecule has 2 aromatic heterocycles. The second-order valence-corrected chi connectivity index (χ2v) is 5.71. The highest BCUT2D eigenvalue weighted by Crippen LogP contribution is 2.18. The Kier molecular flexibility index (Phi) is 4.52. The van der Waals surface area contributed by atoms with E-state index in [1.54, 1.807) is 30.3 Å². The minimum Gasteiger partial charge on any atom is -0.377 e. The van der Waals surface area contributed by atoms with Crippen LogP contribution in [0.25, 0.3) is 0 Å². The zero-order valence-electron chi connectivity index (χ0n) is 11.5. The van der Waals surface area contributed by atoms with Crippen LogP contribution in [0.15, 0.2) is 30.3 Å². The van der Waals surface area contributed by atoms with Crippen LogP contribution in [0.3, 0.4) is 0 Å².